The Morgan fingerprint density at radius 2 is 1.40 bits per heavy atom. The van der Waals surface area contributed by atoms with Crippen molar-refractivity contribution < 1.29 is 14.3 Å². The molecule has 1 aliphatic rings. The minimum Gasteiger partial charge on any atom is -0.496 e. The number of para-hydroxylation sites is 1. The van der Waals surface area contributed by atoms with E-state index in [9.17, 15) is 9.59 Å². The highest BCUT2D eigenvalue weighted by Gasteiger charge is 2.32. The Bertz CT molecular complexity index is 1040. The summed E-state index contributed by atoms with van der Waals surface area (Å²) in [6.07, 6.45) is 0. The van der Waals surface area contributed by atoms with Gasteiger partial charge in [-0.1, -0.05) is 54.6 Å². The maximum Gasteiger partial charge on any atom is 0.250 e. The first kappa shape index (κ1) is 15.1. The van der Waals surface area contributed by atoms with Crippen LogP contribution >= 0.6 is 0 Å². The molecule has 4 nitrogen and oxygen atoms in total. The third-order valence-electron chi connectivity index (χ3n) is 4.54. The molecule has 4 heteroatoms. The van der Waals surface area contributed by atoms with Gasteiger partial charge >= 0.3 is 0 Å². The van der Waals surface area contributed by atoms with Crippen molar-refractivity contribution >= 4 is 11.7 Å². The molecule has 0 aromatic heterocycles. The second-order valence-corrected chi connectivity index (χ2v) is 5.85. The SMILES string of the molecule is COc1ccccc1-c1ccc2c(c1C(N)=O)C(=O)c1ccccc1-2. The van der Waals surface area contributed by atoms with Crippen LogP contribution in [-0.4, -0.2) is 18.8 Å². The molecule has 3 aromatic rings. The average molecular weight is 329 g/mol. The number of hydrogen-bond acceptors (Lipinski definition) is 3. The maximum absolute atomic E-state index is 12.9. The Morgan fingerprint density at radius 1 is 0.800 bits per heavy atom. The highest BCUT2D eigenvalue weighted by Crippen LogP contribution is 2.42. The second-order valence-electron chi connectivity index (χ2n) is 5.85. The fourth-order valence-corrected chi connectivity index (χ4v) is 3.46. The molecule has 2 N–H and O–H groups in total. The molecule has 0 unspecified atom stereocenters. The summed E-state index contributed by atoms with van der Waals surface area (Å²) in [7, 11) is 1.57. The summed E-state index contributed by atoms with van der Waals surface area (Å²) in [5.74, 6) is -0.178. The fourth-order valence-electron chi connectivity index (χ4n) is 3.46. The third-order valence-corrected chi connectivity index (χ3v) is 4.54. The molecular weight excluding hydrogens is 314 g/mol. The predicted molar refractivity (Wildman–Crippen MR) is 95.8 cm³/mol. The molecule has 0 spiro atoms. The van der Waals surface area contributed by atoms with E-state index < -0.39 is 5.91 Å². The van der Waals surface area contributed by atoms with Crippen LogP contribution in [0.5, 0.6) is 5.75 Å². The number of fused-ring (bicyclic) bond motifs is 3. The van der Waals surface area contributed by atoms with E-state index in [1.165, 1.54) is 0 Å². The molecule has 0 heterocycles. The lowest BCUT2D eigenvalue weighted by Crippen LogP contribution is -2.17. The van der Waals surface area contributed by atoms with Crippen molar-refractivity contribution in [3.63, 3.8) is 0 Å². The lowest BCUT2D eigenvalue weighted by Gasteiger charge is -2.14. The van der Waals surface area contributed by atoms with Gasteiger partial charge in [-0.3, -0.25) is 9.59 Å². The maximum atomic E-state index is 12.9. The quantitative estimate of drug-likeness (QED) is 0.623. The molecule has 1 aliphatic carbocycles. The highest BCUT2D eigenvalue weighted by atomic mass is 16.5. The molecule has 0 bridgehead atoms. The Morgan fingerprint density at radius 3 is 2.08 bits per heavy atom. The number of rotatable bonds is 3. The van der Waals surface area contributed by atoms with Gasteiger partial charge in [0.15, 0.2) is 5.78 Å². The zero-order valence-corrected chi connectivity index (χ0v) is 13.6. The Labute approximate surface area is 144 Å². The molecule has 4 rings (SSSR count). The molecule has 0 atom stereocenters. The number of ether oxygens (including phenoxy) is 1. The van der Waals surface area contributed by atoms with Gasteiger partial charge in [-0.15, -0.1) is 0 Å². The van der Waals surface area contributed by atoms with Crippen LogP contribution in [0.25, 0.3) is 22.3 Å². The van der Waals surface area contributed by atoms with Crippen molar-refractivity contribution in [3.8, 4) is 28.0 Å². The van der Waals surface area contributed by atoms with Gasteiger partial charge in [-0.25, -0.2) is 0 Å². The van der Waals surface area contributed by atoms with Crippen molar-refractivity contribution in [2.24, 2.45) is 5.73 Å². The molecule has 122 valence electrons. The lowest BCUT2D eigenvalue weighted by molar-refractivity contribution is 0.0983. The van der Waals surface area contributed by atoms with Crippen molar-refractivity contribution in [2.75, 3.05) is 7.11 Å². The summed E-state index contributed by atoms with van der Waals surface area (Å²) < 4.78 is 5.41. The van der Waals surface area contributed by atoms with Gasteiger partial charge < -0.3 is 10.5 Å². The normalized spacial score (nSPS) is 11.8. The van der Waals surface area contributed by atoms with Gasteiger partial charge in [0.2, 0.25) is 5.91 Å². The van der Waals surface area contributed by atoms with Crippen LogP contribution in [0.3, 0.4) is 0 Å². The van der Waals surface area contributed by atoms with Crippen LogP contribution in [0.4, 0.5) is 0 Å². The molecule has 0 aliphatic heterocycles. The molecule has 0 radical (unpaired) electrons. The smallest absolute Gasteiger partial charge is 0.250 e. The van der Waals surface area contributed by atoms with Gasteiger partial charge in [0.05, 0.1) is 12.7 Å². The number of methoxy groups -OCH3 is 1. The van der Waals surface area contributed by atoms with E-state index in [4.69, 9.17) is 10.5 Å². The first-order valence-corrected chi connectivity index (χ1v) is 7.87. The average Bonchev–Trinajstić information content (AvgIpc) is 2.94. The van der Waals surface area contributed by atoms with E-state index in [2.05, 4.69) is 0 Å². The molecule has 0 fully saturated rings. The van der Waals surface area contributed by atoms with Crippen LogP contribution < -0.4 is 10.5 Å². The summed E-state index contributed by atoms with van der Waals surface area (Å²) >= 11 is 0. The number of carbonyl (C=O) groups excluding carboxylic acids is 2. The third kappa shape index (κ3) is 2.15. The second kappa shape index (κ2) is 5.60. The Hall–Kier alpha value is -3.40. The number of amides is 1. The Kier molecular flexibility index (Phi) is 3.39. The number of hydrogen-bond donors (Lipinski definition) is 1. The van der Waals surface area contributed by atoms with Crippen molar-refractivity contribution in [1.29, 1.82) is 0 Å². The van der Waals surface area contributed by atoms with Crippen LogP contribution in [0.1, 0.15) is 26.3 Å². The predicted octanol–water partition coefficient (Wildman–Crippen LogP) is 3.67. The number of carbonyl (C=O) groups is 2. The summed E-state index contributed by atoms with van der Waals surface area (Å²) in [4.78, 5) is 25.2. The summed E-state index contributed by atoms with van der Waals surface area (Å²) in [6.45, 7) is 0. The van der Waals surface area contributed by atoms with Gasteiger partial charge in [0.1, 0.15) is 5.75 Å². The molecule has 3 aromatic carbocycles. The number of nitrogens with two attached hydrogens (primary N) is 1. The van der Waals surface area contributed by atoms with E-state index >= 15 is 0 Å². The number of benzene rings is 3. The molecule has 0 saturated carbocycles. The van der Waals surface area contributed by atoms with Crippen molar-refractivity contribution in [1.82, 2.24) is 0 Å². The summed E-state index contributed by atoms with van der Waals surface area (Å²) in [5, 5.41) is 0. The van der Waals surface area contributed by atoms with E-state index in [0.717, 1.165) is 16.7 Å². The van der Waals surface area contributed by atoms with Crippen LogP contribution in [0.15, 0.2) is 60.7 Å². The minimum atomic E-state index is -0.626. The molecule has 25 heavy (non-hydrogen) atoms. The minimum absolute atomic E-state index is 0.170. The summed E-state index contributed by atoms with van der Waals surface area (Å²) in [5.41, 5.74) is 9.79. The number of primary amides is 1. The van der Waals surface area contributed by atoms with E-state index in [1.54, 1.807) is 13.2 Å². The van der Waals surface area contributed by atoms with Gasteiger partial charge in [-0.2, -0.15) is 0 Å². The monoisotopic (exact) mass is 329 g/mol. The van der Waals surface area contributed by atoms with Crippen LogP contribution in [0.2, 0.25) is 0 Å². The van der Waals surface area contributed by atoms with E-state index in [0.29, 0.717) is 22.4 Å². The van der Waals surface area contributed by atoms with Crippen molar-refractivity contribution in [3.05, 3.63) is 77.4 Å². The largest absolute Gasteiger partial charge is 0.496 e. The zero-order valence-electron chi connectivity index (χ0n) is 13.6. The van der Waals surface area contributed by atoms with Crippen LogP contribution in [-0.2, 0) is 0 Å². The first-order chi connectivity index (χ1) is 12.1. The van der Waals surface area contributed by atoms with Crippen LogP contribution in [0, 0.1) is 0 Å². The molecule has 0 saturated heterocycles. The lowest BCUT2D eigenvalue weighted by atomic mass is 9.91. The molecule has 1 amide bonds. The first-order valence-electron chi connectivity index (χ1n) is 7.87. The highest BCUT2D eigenvalue weighted by molar-refractivity contribution is 6.27. The van der Waals surface area contributed by atoms with Gasteiger partial charge in [-0.05, 0) is 22.8 Å². The van der Waals surface area contributed by atoms with Gasteiger partial charge in [0, 0.05) is 16.7 Å². The zero-order chi connectivity index (χ0) is 17.6. The van der Waals surface area contributed by atoms with E-state index in [1.807, 2.05) is 54.6 Å². The molecular formula is C21H15NO3. The fraction of sp³-hybridized carbons (Fsp3) is 0.0476. The number of ketones is 1. The van der Waals surface area contributed by atoms with Crippen molar-refractivity contribution in [2.45, 2.75) is 0 Å². The summed E-state index contributed by atoms with van der Waals surface area (Å²) in [6, 6.07) is 18.4. The standard InChI is InChI=1S/C21H15NO3/c1-25-17-9-5-4-7-13(17)15-11-10-14-12-6-2-3-8-16(12)20(23)18(14)19(15)21(22)24/h2-11H,1H3,(H2,22,24). The van der Waals surface area contributed by atoms with Gasteiger partial charge in [0.25, 0.3) is 0 Å². The Balaban J connectivity index is 2.05. The van der Waals surface area contributed by atoms with E-state index in [-0.39, 0.29) is 11.3 Å². The topological polar surface area (TPSA) is 69.4 Å².